The Morgan fingerprint density at radius 2 is 2.04 bits per heavy atom. The summed E-state index contributed by atoms with van der Waals surface area (Å²) >= 11 is 0. The second-order valence-electron chi connectivity index (χ2n) is 5.20. The fraction of sp³-hybridized carbons (Fsp3) is 0. The molecule has 7 heteroatoms. The van der Waals surface area contributed by atoms with Crippen LogP contribution in [0.1, 0.15) is 10.6 Å². The molecule has 4 aromatic rings. The predicted molar refractivity (Wildman–Crippen MR) is 86.5 cm³/mol. The van der Waals surface area contributed by atoms with Crippen molar-refractivity contribution in [2.24, 2.45) is 0 Å². The Hall–Kier alpha value is -3.48. The van der Waals surface area contributed by atoms with Crippen LogP contribution >= 0.6 is 0 Å². The summed E-state index contributed by atoms with van der Waals surface area (Å²) in [5, 5.41) is 2.85. The first kappa shape index (κ1) is 14.1. The van der Waals surface area contributed by atoms with E-state index in [0.29, 0.717) is 5.69 Å². The minimum Gasteiger partial charge on any atom is -0.451 e. The highest BCUT2D eigenvalue weighted by molar-refractivity contribution is 6.03. The molecule has 2 aromatic heterocycles. The van der Waals surface area contributed by atoms with E-state index < -0.39 is 17.2 Å². The molecule has 2 N–H and O–H groups in total. The molecule has 0 radical (unpaired) electrons. The molecule has 0 spiro atoms. The topological polar surface area (TPSA) is 88.0 Å². The minimum atomic E-state index is -0.600. The number of anilines is 1. The van der Waals surface area contributed by atoms with Gasteiger partial charge in [-0.05, 0) is 30.3 Å². The summed E-state index contributed by atoms with van der Waals surface area (Å²) in [6.45, 7) is 0. The van der Waals surface area contributed by atoms with Crippen molar-refractivity contribution in [1.29, 1.82) is 0 Å². The number of rotatable bonds is 2. The lowest BCUT2D eigenvalue weighted by molar-refractivity contribution is 0.0997. The van der Waals surface area contributed by atoms with Crippen LogP contribution in [-0.4, -0.2) is 15.9 Å². The van der Waals surface area contributed by atoms with Crippen LogP contribution in [-0.2, 0) is 0 Å². The van der Waals surface area contributed by atoms with Gasteiger partial charge in [0.15, 0.2) is 11.2 Å². The smallest absolute Gasteiger partial charge is 0.291 e. The molecule has 0 saturated heterocycles. The van der Waals surface area contributed by atoms with E-state index >= 15 is 0 Å². The Morgan fingerprint density at radius 1 is 1.17 bits per heavy atom. The molecule has 4 rings (SSSR count). The van der Waals surface area contributed by atoms with Gasteiger partial charge in [-0.25, -0.2) is 9.37 Å². The van der Waals surface area contributed by atoms with Crippen molar-refractivity contribution in [2.45, 2.75) is 0 Å². The standard InChI is InChI=1S/C17H10FN3O3/c18-9-1-3-11-14(22)7-16(24-15(11)5-9)17(23)21-10-2-4-12-13(6-10)20-8-19-12/h1-8H,(H,19,20)(H,21,23). The summed E-state index contributed by atoms with van der Waals surface area (Å²) < 4.78 is 18.7. The van der Waals surface area contributed by atoms with Gasteiger partial charge in [-0.2, -0.15) is 0 Å². The third-order valence-corrected chi connectivity index (χ3v) is 3.59. The third kappa shape index (κ3) is 2.41. The van der Waals surface area contributed by atoms with Gasteiger partial charge in [0.25, 0.3) is 5.91 Å². The maximum atomic E-state index is 13.3. The number of nitrogens with zero attached hydrogens (tertiary/aromatic N) is 1. The summed E-state index contributed by atoms with van der Waals surface area (Å²) in [7, 11) is 0. The Labute approximate surface area is 133 Å². The van der Waals surface area contributed by atoms with Gasteiger partial charge >= 0.3 is 0 Å². The first-order chi connectivity index (χ1) is 11.6. The van der Waals surface area contributed by atoms with Crippen LogP contribution in [0.3, 0.4) is 0 Å². The molecule has 0 unspecified atom stereocenters. The van der Waals surface area contributed by atoms with Gasteiger partial charge in [-0.1, -0.05) is 0 Å². The number of hydrogen-bond acceptors (Lipinski definition) is 4. The molecule has 2 aromatic carbocycles. The van der Waals surface area contributed by atoms with E-state index in [1.165, 1.54) is 12.1 Å². The van der Waals surface area contributed by atoms with Gasteiger partial charge in [0.05, 0.1) is 22.7 Å². The van der Waals surface area contributed by atoms with Crippen LogP contribution < -0.4 is 10.7 Å². The van der Waals surface area contributed by atoms with Gasteiger partial charge < -0.3 is 14.7 Å². The van der Waals surface area contributed by atoms with Gasteiger partial charge in [0.2, 0.25) is 0 Å². The number of aromatic amines is 1. The van der Waals surface area contributed by atoms with Gasteiger partial charge in [-0.15, -0.1) is 0 Å². The number of fused-ring (bicyclic) bond motifs is 2. The zero-order chi connectivity index (χ0) is 16.7. The first-order valence-electron chi connectivity index (χ1n) is 7.08. The average molecular weight is 323 g/mol. The third-order valence-electron chi connectivity index (χ3n) is 3.59. The Bertz CT molecular complexity index is 1150. The van der Waals surface area contributed by atoms with Crippen molar-refractivity contribution in [3.8, 4) is 0 Å². The van der Waals surface area contributed by atoms with Crippen molar-refractivity contribution in [2.75, 3.05) is 5.32 Å². The predicted octanol–water partition coefficient (Wildman–Crippen LogP) is 3.06. The Balaban J connectivity index is 1.70. The molecular weight excluding hydrogens is 313 g/mol. The number of nitrogens with one attached hydrogen (secondary N) is 2. The maximum Gasteiger partial charge on any atom is 0.291 e. The Morgan fingerprint density at radius 3 is 2.92 bits per heavy atom. The molecule has 6 nitrogen and oxygen atoms in total. The highest BCUT2D eigenvalue weighted by atomic mass is 19.1. The SMILES string of the molecule is O=C(Nc1ccc2nc[nH]c2c1)c1cc(=O)c2ccc(F)cc2o1. The summed E-state index contributed by atoms with van der Waals surface area (Å²) in [6, 6.07) is 9.78. The molecule has 1 amide bonds. The highest BCUT2D eigenvalue weighted by Crippen LogP contribution is 2.18. The molecule has 24 heavy (non-hydrogen) atoms. The fourth-order valence-electron chi connectivity index (χ4n) is 2.45. The lowest BCUT2D eigenvalue weighted by Crippen LogP contribution is -2.15. The lowest BCUT2D eigenvalue weighted by Gasteiger charge is -2.05. The molecule has 0 bridgehead atoms. The zero-order valence-electron chi connectivity index (χ0n) is 12.2. The maximum absolute atomic E-state index is 13.3. The Kier molecular flexibility index (Phi) is 3.13. The molecular formula is C17H10FN3O3. The van der Waals surface area contributed by atoms with Gasteiger partial charge in [0, 0.05) is 17.8 Å². The van der Waals surface area contributed by atoms with E-state index in [-0.39, 0.29) is 16.7 Å². The highest BCUT2D eigenvalue weighted by Gasteiger charge is 2.13. The first-order valence-corrected chi connectivity index (χ1v) is 7.08. The molecule has 0 aliphatic heterocycles. The summed E-state index contributed by atoms with van der Waals surface area (Å²) in [6.07, 6.45) is 1.55. The molecule has 0 atom stereocenters. The van der Waals surface area contributed by atoms with Crippen molar-refractivity contribution in [3.05, 3.63) is 70.6 Å². The van der Waals surface area contributed by atoms with Crippen molar-refractivity contribution in [3.63, 3.8) is 0 Å². The van der Waals surface area contributed by atoms with Crippen molar-refractivity contribution < 1.29 is 13.6 Å². The molecule has 0 aliphatic carbocycles. The number of hydrogen-bond donors (Lipinski definition) is 2. The number of carbonyl (C=O) groups excluding carboxylic acids is 1. The largest absolute Gasteiger partial charge is 0.451 e. The number of aromatic nitrogens is 2. The van der Waals surface area contributed by atoms with Crippen LogP contribution in [0.2, 0.25) is 0 Å². The molecule has 0 fully saturated rings. The number of imidazole rings is 1. The summed E-state index contributed by atoms with van der Waals surface area (Å²) in [5.74, 6) is -1.34. The van der Waals surface area contributed by atoms with Crippen molar-refractivity contribution >= 4 is 33.6 Å². The number of amides is 1. The summed E-state index contributed by atoms with van der Waals surface area (Å²) in [5.41, 5.74) is 1.65. The van der Waals surface area contributed by atoms with E-state index in [2.05, 4.69) is 15.3 Å². The van der Waals surface area contributed by atoms with Gasteiger partial charge in [0.1, 0.15) is 11.4 Å². The van der Waals surface area contributed by atoms with Crippen molar-refractivity contribution in [1.82, 2.24) is 9.97 Å². The van der Waals surface area contributed by atoms with E-state index in [1.807, 2.05) is 0 Å². The second kappa shape index (κ2) is 5.31. The van der Waals surface area contributed by atoms with E-state index in [1.54, 1.807) is 24.5 Å². The quantitative estimate of drug-likeness (QED) is 0.593. The number of carbonyl (C=O) groups is 1. The van der Waals surface area contributed by atoms with E-state index in [4.69, 9.17) is 4.42 Å². The fourth-order valence-corrected chi connectivity index (χ4v) is 2.45. The molecule has 2 heterocycles. The van der Waals surface area contributed by atoms with Crippen LogP contribution in [0.5, 0.6) is 0 Å². The van der Waals surface area contributed by atoms with Crippen LogP contribution in [0.25, 0.3) is 22.0 Å². The van der Waals surface area contributed by atoms with Crippen LogP contribution in [0.15, 0.2) is 58.0 Å². The molecule has 0 saturated carbocycles. The van der Waals surface area contributed by atoms with Crippen LogP contribution in [0, 0.1) is 5.82 Å². The normalized spacial score (nSPS) is 11.0. The zero-order valence-corrected chi connectivity index (χ0v) is 12.2. The van der Waals surface area contributed by atoms with E-state index in [0.717, 1.165) is 23.2 Å². The minimum absolute atomic E-state index is 0.0247. The monoisotopic (exact) mass is 323 g/mol. The second-order valence-corrected chi connectivity index (χ2v) is 5.20. The number of benzene rings is 2. The van der Waals surface area contributed by atoms with E-state index in [9.17, 15) is 14.0 Å². The summed E-state index contributed by atoms with van der Waals surface area (Å²) in [4.78, 5) is 31.4. The van der Waals surface area contributed by atoms with Crippen LogP contribution in [0.4, 0.5) is 10.1 Å². The van der Waals surface area contributed by atoms with Gasteiger partial charge in [-0.3, -0.25) is 9.59 Å². The number of halogens is 1. The number of H-pyrrole nitrogens is 1. The average Bonchev–Trinajstić information content (AvgIpc) is 3.02. The lowest BCUT2D eigenvalue weighted by atomic mass is 10.2. The molecule has 0 aliphatic rings. The molecule has 118 valence electrons.